The molecular weight excluding hydrogens is 255 g/mol. The van der Waals surface area contributed by atoms with Gasteiger partial charge in [-0.1, -0.05) is 6.07 Å². The van der Waals surface area contributed by atoms with Crippen molar-refractivity contribution >= 4 is 6.29 Å². The van der Waals surface area contributed by atoms with Gasteiger partial charge in [0.1, 0.15) is 23.6 Å². The molecule has 0 saturated carbocycles. The molecule has 0 aromatic heterocycles. The maximum atomic E-state index is 13.4. The largest absolute Gasteiger partial charge is 0.457 e. The van der Waals surface area contributed by atoms with Gasteiger partial charge in [-0.3, -0.25) is 4.79 Å². The van der Waals surface area contributed by atoms with Gasteiger partial charge in [-0.05, 0) is 61.1 Å². The second kappa shape index (κ2) is 5.45. The molecule has 0 N–H and O–H groups in total. The van der Waals surface area contributed by atoms with Crippen LogP contribution in [0.4, 0.5) is 4.39 Å². The van der Waals surface area contributed by atoms with Crippen LogP contribution in [-0.4, -0.2) is 6.29 Å². The summed E-state index contributed by atoms with van der Waals surface area (Å²) in [5.74, 6) is 0.568. The van der Waals surface area contributed by atoms with Gasteiger partial charge < -0.3 is 4.74 Å². The molecule has 20 heavy (non-hydrogen) atoms. The zero-order chi connectivity index (χ0) is 13.9. The second-order valence-electron chi connectivity index (χ2n) is 5.08. The number of ether oxygens (including phenoxy) is 1. The van der Waals surface area contributed by atoms with Crippen LogP contribution < -0.4 is 4.74 Å². The van der Waals surface area contributed by atoms with Gasteiger partial charge >= 0.3 is 0 Å². The molecule has 3 heteroatoms. The van der Waals surface area contributed by atoms with Crippen molar-refractivity contribution < 1.29 is 13.9 Å². The average molecular weight is 270 g/mol. The predicted molar refractivity (Wildman–Crippen MR) is 74.9 cm³/mol. The Balaban J connectivity index is 1.87. The van der Waals surface area contributed by atoms with Gasteiger partial charge in [-0.25, -0.2) is 4.39 Å². The van der Waals surface area contributed by atoms with Crippen LogP contribution in [0, 0.1) is 5.82 Å². The van der Waals surface area contributed by atoms with Crippen molar-refractivity contribution in [3.05, 3.63) is 58.9 Å². The van der Waals surface area contributed by atoms with E-state index < -0.39 is 5.82 Å². The number of carbonyl (C=O) groups excluding carboxylic acids is 1. The Morgan fingerprint density at radius 2 is 1.75 bits per heavy atom. The van der Waals surface area contributed by atoms with Crippen molar-refractivity contribution in [2.24, 2.45) is 0 Å². The zero-order valence-corrected chi connectivity index (χ0v) is 11.1. The molecule has 0 heterocycles. The van der Waals surface area contributed by atoms with Crippen LogP contribution in [-0.2, 0) is 12.8 Å². The first-order valence-corrected chi connectivity index (χ1v) is 6.80. The lowest BCUT2D eigenvalue weighted by Gasteiger charge is -2.16. The number of benzene rings is 2. The summed E-state index contributed by atoms with van der Waals surface area (Å²) in [6.45, 7) is 0. The number of fused-ring (bicyclic) bond motifs is 1. The van der Waals surface area contributed by atoms with E-state index in [2.05, 4.69) is 6.07 Å². The minimum Gasteiger partial charge on any atom is -0.457 e. The van der Waals surface area contributed by atoms with Crippen molar-refractivity contribution in [1.29, 1.82) is 0 Å². The lowest BCUT2D eigenvalue weighted by atomic mass is 9.92. The van der Waals surface area contributed by atoms with Crippen molar-refractivity contribution in [2.45, 2.75) is 25.7 Å². The van der Waals surface area contributed by atoms with Gasteiger partial charge in [0, 0.05) is 11.6 Å². The van der Waals surface area contributed by atoms with Gasteiger partial charge in [0.25, 0.3) is 0 Å². The fourth-order valence-electron chi connectivity index (χ4n) is 2.62. The van der Waals surface area contributed by atoms with Gasteiger partial charge in [-0.2, -0.15) is 0 Å². The molecular formula is C17H15FO2. The molecule has 0 radical (unpaired) electrons. The molecule has 0 unspecified atom stereocenters. The van der Waals surface area contributed by atoms with Crippen molar-refractivity contribution in [3.63, 3.8) is 0 Å². The van der Waals surface area contributed by atoms with E-state index in [0.717, 1.165) is 12.8 Å². The first kappa shape index (κ1) is 12.9. The van der Waals surface area contributed by atoms with E-state index in [9.17, 15) is 9.18 Å². The van der Waals surface area contributed by atoms with Crippen molar-refractivity contribution in [2.75, 3.05) is 0 Å². The summed E-state index contributed by atoms with van der Waals surface area (Å²) in [5.41, 5.74) is 2.95. The first-order chi connectivity index (χ1) is 9.74. The number of aldehydes is 1. The highest BCUT2D eigenvalue weighted by molar-refractivity contribution is 5.75. The van der Waals surface area contributed by atoms with Crippen LogP contribution in [0.25, 0.3) is 0 Å². The molecule has 2 aromatic rings. The molecule has 0 fully saturated rings. The normalized spacial score (nSPS) is 13.7. The molecule has 0 aliphatic heterocycles. The van der Waals surface area contributed by atoms with Gasteiger partial charge in [0.05, 0.1) is 0 Å². The first-order valence-electron chi connectivity index (χ1n) is 6.80. The quantitative estimate of drug-likeness (QED) is 0.777. The smallest absolute Gasteiger partial charge is 0.150 e. The minimum absolute atomic E-state index is 0.276. The molecule has 0 spiro atoms. The fraction of sp³-hybridized carbons (Fsp3) is 0.235. The molecule has 1 aliphatic carbocycles. The number of aryl methyl sites for hydroxylation is 2. The Morgan fingerprint density at radius 3 is 2.55 bits per heavy atom. The highest BCUT2D eigenvalue weighted by Crippen LogP contribution is 2.29. The maximum absolute atomic E-state index is 13.4. The number of hydrogen-bond donors (Lipinski definition) is 0. The van der Waals surface area contributed by atoms with Crippen LogP contribution in [0.2, 0.25) is 0 Å². The Hall–Kier alpha value is -2.16. The van der Waals surface area contributed by atoms with E-state index in [1.165, 1.54) is 42.2 Å². The molecule has 1 aliphatic rings. The molecule has 102 valence electrons. The third-order valence-corrected chi connectivity index (χ3v) is 3.59. The SMILES string of the molecule is O=Cc1cc(F)cc(Oc2ccc3c(c2)CCCC3)c1. The Bertz CT molecular complexity index is 649. The summed E-state index contributed by atoms with van der Waals surface area (Å²) < 4.78 is 19.0. The molecule has 0 amide bonds. The average Bonchev–Trinajstić information content (AvgIpc) is 2.46. The van der Waals surface area contributed by atoms with E-state index >= 15 is 0 Å². The standard InChI is InChI=1S/C17H15FO2/c18-15-7-12(11-19)8-17(10-15)20-16-6-5-13-3-1-2-4-14(13)9-16/h5-11H,1-4H2. The van der Waals surface area contributed by atoms with Gasteiger partial charge in [0.2, 0.25) is 0 Å². The van der Waals surface area contributed by atoms with E-state index in [0.29, 0.717) is 17.8 Å². The van der Waals surface area contributed by atoms with Crippen LogP contribution in [0.15, 0.2) is 36.4 Å². The Labute approximate surface area is 117 Å². The van der Waals surface area contributed by atoms with Crippen LogP contribution in [0.3, 0.4) is 0 Å². The maximum Gasteiger partial charge on any atom is 0.150 e. The number of hydrogen-bond acceptors (Lipinski definition) is 2. The van der Waals surface area contributed by atoms with Crippen molar-refractivity contribution in [1.82, 2.24) is 0 Å². The summed E-state index contributed by atoms with van der Waals surface area (Å²) >= 11 is 0. The molecule has 0 bridgehead atoms. The number of halogens is 1. The third-order valence-electron chi connectivity index (χ3n) is 3.59. The molecule has 2 aromatic carbocycles. The van der Waals surface area contributed by atoms with Crippen molar-refractivity contribution in [3.8, 4) is 11.5 Å². The summed E-state index contributed by atoms with van der Waals surface area (Å²) in [7, 11) is 0. The summed E-state index contributed by atoms with van der Waals surface area (Å²) in [6.07, 6.45) is 5.23. The summed E-state index contributed by atoms with van der Waals surface area (Å²) in [4.78, 5) is 10.7. The Morgan fingerprint density at radius 1 is 0.950 bits per heavy atom. The van der Waals surface area contributed by atoms with Crippen LogP contribution in [0.5, 0.6) is 11.5 Å². The summed E-state index contributed by atoms with van der Waals surface area (Å²) in [5, 5.41) is 0. The fourth-order valence-corrected chi connectivity index (χ4v) is 2.62. The van der Waals surface area contributed by atoms with E-state index in [1.54, 1.807) is 0 Å². The predicted octanol–water partition coefficient (Wildman–Crippen LogP) is 4.31. The summed E-state index contributed by atoms with van der Waals surface area (Å²) in [6, 6.07) is 9.99. The number of carbonyl (C=O) groups is 1. The molecule has 0 atom stereocenters. The highest BCUT2D eigenvalue weighted by atomic mass is 19.1. The van der Waals surface area contributed by atoms with Crippen LogP contribution >= 0.6 is 0 Å². The third kappa shape index (κ3) is 2.72. The van der Waals surface area contributed by atoms with Crippen LogP contribution in [0.1, 0.15) is 34.3 Å². The monoisotopic (exact) mass is 270 g/mol. The highest BCUT2D eigenvalue weighted by Gasteiger charge is 2.10. The molecule has 3 rings (SSSR count). The Kier molecular flexibility index (Phi) is 3.50. The topological polar surface area (TPSA) is 26.3 Å². The van der Waals surface area contributed by atoms with E-state index in [-0.39, 0.29) is 5.56 Å². The van der Waals surface area contributed by atoms with Gasteiger partial charge in [-0.15, -0.1) is 0 Å². The lowest BCUT2D eigenvalue weighted by Crippen LogP contribution is -2.02. The second-order valence-corrected chi connectivity index (χ2v) is 5.08. The number of rotatable bonds is 3. The lowest BCUT2D eigenvalue weighted by molar-refractivity contribution is 0.112. The molecule has 2 nitrogen and oxygen atoms in total. The van der Waals surface area contributed by atoms with E-state index in [1.807, 2.05) is 12.1 Å². The molecule has 0 saturated heterocycles. The minimum atomic E-state index is -0.470. The van der Waals surface area contributed by atoms with Gasteiger partial charge in [0.15, 0.2) is 0 Å². The van der Waals surface area contributed by atoms with E-state index in [4.69, 9.17) is 4.74 Å². The zero-order valence-electron chi connectivity index (χ0n) is 11.1.